The minimum Gasteiger partial charge on any atom is -0.464 e. The molecule has 0 bridgehead atoms. The SMILES string of the molecule is CCOC(=O)C(CN=[N+]=[N-])Nc1cccc(Cl)c1. The molecule has 0 spiro atoms. The first-order valence-corrected chi connectivity index (χ1v) is 5.74. The largest absolute Gasteiger partial charge is 0.464 e. The van der Waals surface area contributed by atoms with Gasteiger partial charge in [0, 0.05) is 15.6 Å². The summed E-state index contributed by atoms with van der Waals surface area (Å²) in [7, 11) is 0. The summed E-state index contributed by atoms with van der Waals surface area (Å²) < 4.78 is 4.89. The van der Waals surface area contributed by atoms with Crippen molar-refractivity contribution >= 4 is 23.3 Å². The lowest BCUT2D eigenvalue weighted by Gasteiger charge is -2.16. The molecule has 0 saturated carbocycles. The van der Waals surface area contributed by atoms with E-state index in [1.165, 1.54) is 0 Å². The van der Waals surface area contributed by atoms with Gasteiger partial charge in [-0.25, -0.2) is 4.79 Å². The molecule has 96 valence electrons. The highest BCUT2D eigenvalue weighted by molar-refractivity contribution is 6.30. The Morgan fingerprint density at radius 2 is 2.44 bits per heavy atom. The highest BCUT2D eigenvalue weighted by atomic mass is 35.5. The normalized spacial score (nSPS) is 11.2. The summed E-state index contributed by atoms with van der Waals surface area (Å²) in [5.41, 5.74) is 8.96. The highest BCUT2D eigenvalue weighted by Crippen LogP contribution is 2.16. The number of hydrogen-bond donors (Lipinski definition) is 1. The Bertz CT molecular complexity index is 460. The first-order valence-electron chi connectivity index (χ1n) is 5.37. The molecule has 1 aromatic carbocycles. The van der Waals surface area contributed by atoms with Crippen molar-refractivity contribution in [2.45, 2.75) is 13.0 Å². The minimum absolute atomic E-state index is 0.0259. The molecule has 0 aromatic heterocycles. The second-order valence-corrected chi connectivity index (χ2v) is 3.81. The quantitative estimate of drug-likeness (QED) is 0.372. The standard InChI is InChI=1S/C11H13ClN4O2/c1-2-18-11(17)10(7-14-16-13)15-9-5-3-4-8(12)6-9/h3-6,10,15H,2,7H2,1H3. The second-order valence-electron chi connectivity index (χ2n) is 3.37. The molecule has 0 amide bonds. The van der Waals surface area contributed by atoms with E-state index in [0.29, 0.717) is 10.7 Å². The molecule has 6 nitrogen and oxygen atoms in total. The van der Waals surface area contributed by atoms with Crippen LogP contribution < -0.4 is 5.32 Å². The molecule has 0 aliphatic carbocycles. The van der Waals surface area contributed by atoms with Crippen molar-refractivity contribution in [3.63, 3.8) is 0 Å². The smallest absolute Gasteiger partial charge is 0.328 e. The van der Waals surface area contributed by atoms with Gasteiger partial charge in [0.2, 0.25) is 0 Å². The number of carbonyl (C=O) groups excluding carboxylic acids is 1. The van der Waals surface area contributed by atoms with E-state index in [4.69, 9.17) is 21.9 Å². The number of anilines is 1. The summed E-state index contributed by atoms with van der Waals surface area (Å²) in [5.74, 6) is -0.468. The molecule has 0 aliphatic heterocycles. The Hall–Kier alpha value is -1.91. The topological polar surface area (TPSA) is 87.1 Å². The first kappa shape index (κ1) is 14.2. The van der Waals surface area contributed by atoms with Crippen LogP contribution >= 0.6 is 11.6 Å². The van der Waals surface area contributed by atoms with Crippen LogP contribution in [0.5, 0.6) is 0 Å². The van der Waals surface area contributed by atoms with Crippen LogP contribution in [0.15, 0.2) is 29.4 Å². The number of halogens is 1. The molecule has 1 rings (SSSR count). The summed E-state index contributed by atoms with van der Waals surface area (Å²) in [6, 6.07) is 6.18. The Morgan fingerprint density at radius 3 is 3.06 bits per heavy atom. The van der Waals surface area contributed by atoms with E-state index in [0.717, 1.165) is 0 Å². The van der Waals surface area contributed by atoms with Gasteiger partial charge in [0.15, 0.2) is 0 Å². The predicted octanol–water partition coefficient (Wildman–Crippen LogP) is 2.99. The fourth-order valence-corrected chi connectivity index (χ4v) is 1.51. The molecule has 1 atom stereocenters. The summed E-state index contributed by atoms with van der Waals surface area (Å²) >= 11 is 5.84. The van der Waals surface area contributed by atoms with E-state index in [1.807, 2.05) is 0 Å². The summed E-state index contributed by atoms with van der Waals surface area (Å²) in [5, 5.41) is 6.84. The van der Waals surface area contributed by atoms with Crippen LogP contribution in [0.1, 0.15) is 6.92 Å². The van der Waals surface area contributed by atoms with Crippen molar-refractivity contribution in [2.24, 2.45) is 5.11 Å². The van der Waals surface area contributed by atoms with E-state index in [9.17, 15) is 4.79 Å². The highest BCUT2D eigenvalue weighted by Gasteiger charge is 2.18. The third-order valence-corrected chi connectivity index (χ3v) is 2.30. The van der Waals surface area contributed by atoms with E-state index < -0.39 is 12.0 Å². The van der Waals surface area contributed by atoms with Gasteiger partial charge in [0.25, 0.3) is 0 Å². The number of nitrogens with zero attached hydrogens (tertiary/aromatic N) is 3. The van der Waals surface area contributed by atoms with Crippen LogP contribution in [0.4, 0.5) is 5.69 Å². The number of benzene rings is 1. The van der Waals surface area contributed by atoms with Crippen molar-refractivity contribution < 1.29 is 9.53 Å². The van der Waals surface area contributed by atoms with Gasteiger partial charge in [0.1, 0.15) is 6.04 Å². The molecule has 0 aliphatic rings. The van der Waals surface area contributed by atoms with Gasteiger partial charge in [-0.3, -0.25) is 0 Å². The second kappa shape index (κ2) is 7.42. The molecule has 1 unspecified atom stereocenters. The van der Waals surface area contributed by atoms with Gasteiger partial charge in [-0.15, -0.1) is 0 Å². The average Bonchev–Trinajstić information content (AvgIpc) is 2.34. The Kier molecular flexibility index (Phi) is 5.84. The molecular formula is C11H13ClN4O2. The van der Waals surface area contributed by atoms with Crippen LogP contribution in [0.2, 0.25) is 5.02 Å². The molecule has 7 heteroatoms. The number of nitrogens with one attached hydrogen (secondary N) is 1. The zero-order chi connectivity index (χ0) is 13.4. The van der Waals surface area contributed by atoms with Crippen LogP contribution in [0.25, 0.3) is 10.4 Å². The fraction of sp³-hybridized carbons (Fsp3) is 0.364. The Balaban J connectivity index is 2.77. The fourth-order valence-electron chi connectivity index (χ4n) is 1.32. The maximum Gasteiger partial charge on any atom is 0.328 e. The van der Waals surface area contributed by atoms with Gasteiger partial charge in [-0.05, 0) is 30.7 Å². The number of ether oxygens (including phenoxy) is 1. The van der Waals surface area contributed by atoms with Crippen LogP contribution in [-0.4, -0.2) is 25.2 Å². The molecule has 0 radical (unpaired) electrons. The van der Waals surface area contributed by atoms with Gasteiger partial charge in [0.05, 0.1) is 13.2 Å². The Morgan fingerprint density at radius 1 is 1.67 bits per heavy atom. The van der Waals surface area contributed by atoms with Gasteiger partial charge < -0.3 is 10.1 Å². The van der Waals surface area contributed by atoms with Crippen LogP contribution in [0, 0.1) is 0 Å². The summed E-state index contributed by atoms with van der Waals surface area (Å²) in [6.45, 7) is 1.95. The maximum absolute atomic E-state index is 11.6. The van der Waals surface area contributed by atoms with Gasteiger partial charge in [-0.2, -0.15) is 0 Å². The summed E-state index contributed by atoms with van der Waals surface area (Å²) in [6.07, 6.45) is 0. The number of hydrogen-bond acceptors (Lipinski definition) is 4. The average molecular weight is 269 g/mol. The zero-order valence-corrected chi connectivity index (χ0v) is 10.6. The lowest BCUT2D eigenvalue weighted by Crippen LogP contribution is -2.34. The zero-order valence-electron chi connectivity index (χ0n) is 9.84. The van der Waals surface area contributed by atoms with Crippen molar-refractivity contribution in [3.8, 4) is 0 Å². The number of azide groups is 1. The molecule has 1 N–H and O–H groups in total. The van der Waals surface area contributed by atoms with E-state index in [1.54, 1.807) is 31.2 Å². The number of carbonyl (C=O) groups is 1. The first-order chi connectivity index (χ1) is 8.67. The molecule has 0 fully saturated rings. The monoisotopic (exact) mass is 268 g/mol. The molecule has 0 heterocycles. The van der Waals surface area contributed by atoms with Gasteiger partial charge in [-0.1, -0.05) is 22.8 Å². The van der Waals surface area contributed by atoms with E-state index >= 15 is 0 Å². The predicted molar refractivity (Wildman–Crippen MR) is 69.5 cm³/mol. The molecule has 1 aromatic rings. The van der Waals surface area contributed by atoms with Gasteiger partial charge >= 0.3 is 5.97 Å². The molecule has 18 heavy (non-hydrogen) atoms. The lowest BCUT2D eigenvalue weighted by molar-refractivity contribution is -0.143. The van der Waals surface area contributed by atoms with Crippen molar-refractivity contribution in [1.82, 2.24) is 0 Å². The van der Waals surface area contributed by atoms with Crippen LogP contribution in [0.3, 0.4) is 0 Å². The minimum atomic E-state index is -0.723. The van der Waals surface area contributed by atoms with Crippen LogP contribution in [-0.2, 0) is 9.53 Å². The van der Waals surface area contributed by atoms with Crippen molar-refractivity contribution in [2.75, 3.05) is 18.5 Å². The lowest BCUT2D eigenvalue weighted by atomic mass is 10.2. The van der Waals surface area contributed by atoms with Crippen molar-refractivity contribution in [1.29, 1.82) is 0 Å². The maximum atomic E-state index is 11.6. The summed E-state index contributed by atoms with van der Waals surface area (Å²) in [4.78, 5) is 14.3. The van der Waals surface area contributed by atoms with E-state index in [-0.39, 0.29) is 13.2 Å². The molecular weight excluding hydrogens is 256 g/mol. The van der Waals surface area contributed by atoms with E-state index in [2.05, 4.69) is 15.3 Å². The Labute approximate surface area is 110 Å². The molecule has 0 saturated heterocycles. The third kappa shape index (κ3) is 4.53. The number of rotatable bonds is 6. The van der Waals surface area contributed by atoms with Crippen molar-refractivity contribution in [3.05, 3.63) is 39.7 Å². The third-order valence-electron chi connectivity index (χ3n) is 2.06. The number of esters is 1.